The number of nitrogens with two attached hydrogens (primary N) is 1. The van der Waals surface area contributed by atoms with Crippen LogP contribution in [0.2, 0.25) is 0 Å². The topological polar surface area (TPSA) is 113 Å². The molecule has 2 aromatic heterocycles. The number of hydrogen-bond donors (Lipinski definition) is 2. The molecule has 0 atom stereocenters. The van der Waals surface area contributed by atoms with Gasteiger partial charge in [0.15, 0.2) is 0 Å². The van der Waals surface area contributed by atoms with Crippen molar-refractivity contribution in [3.63, 3.8) is 0 Å². The van der Waals surface area contributed by atoms with E-state index in [1.807, 2.05) is 29.8 Å². The largest absolute Gasteiger partial charge is 0.483 e. The van der Waals surface area contributed by atoms with Gasteiger partial charge in [0.25, 0.3) is 6.47 Å². The van der Waals surface area contributed by atoms with E-state index >= 15 is 0 Å². The highest BCUT2D eigenvalue weighted by Crippen LogP contribution is 2.25. The van der Waals surface area contributed by atoms with Crippen LogP contribution in [0.1, 0.15) is 11.4 Å². The lowest BCUT2D eigenvalue weighted by atomic mass is 10.1. The molecule has 1 aromatic carbocycles. The minimum atomic E-state index is -0.250. The monoisotopic (exact) mass is 409 g/mol. The summed E-state index contributed by atoms with van der Waals surface area (Å²) in [5.41, 5.74) is 11.0. The lowest BCUT2D eigenvalue weighted by molar-refractivity contribution is -0.122. The fraction of sp³-hybridized carbons (Fsp3) is 0.333. The van der Waals surface area contributed by atoms with Crippen LogP contribution in [0.25, 0.3) is 16.9 Å². The minimum absolute atomic E-state index is 0.250. The molecule has 4 rings (SSSR count). The normalized spacial score (nSPS) is 14.2. The summed E-state index contributed by atoms with van der Waals surface area (Å²) in [6.07, 6.45) is 0. The van der Waals surface area contributed by atoms with E-state index in [0.29, 0.717) is 5.95 Å². The average Bonchev–Trinajstić information content (AvgIpc) is 3.07. The van der Waals surface area contributed by atoms with E-state index in [9.17, 15) is 0 Å². The molecule has 1 aliphatic rings. The molecule has 0 aliphatic carbocycles. The maximum atomic E-state index is 8.36. The molecular weight excluding hydrogens is 382 g/mol. The molecule has 0 radical (unpaired) electrons. The van der Waals surface area contributed by atoms with Gasteiger partial charge in [-0.05, 0) is 39.1 Å². The summed E-state index contributed by atoms with van der Waals surface area (Å²) < 4.78 is 1.95. The number of benzene rings is 1. The summed E-state index contributed by atoms with van der Waals surface area (Å²) in [7, 11) is 2.14. The maximum absolute atomic E-state index is 8.36. The maximum Gasteiger partial charge on any atom is 0.290 e. The fourth-order valence-corrected chi connectivity index (χ4v) is 3.49. The van der Waals surface area contributed by atoms with Gasteiger partial charge in [-0.3, -0.25) is 4.79 Å². The highest BCUT2D eigenvalue weighted by atomic mass is 16.3. The van der Waals surface area contributed by atoms with Gasteiger partial charge in [0.05, 0.1) is 17.1 Å². The molecule has 1 saturated heterocycles. The molecule has 3 heterocycles. The van der Waals surface area contributed by atoms with Crippen molar-refractivity contribution >= 4 is 18.2 Å². The Morgan fingerprint density at radius 3 is 2.40 bits per heavy atom. The highest BCUT2D eigenvalue weighted by molar-refractivity contribution is 5.66. The van der Waals surface area contributed by atoms with Crippen molar-refractivity contribution in [2.24, 2.45) is 0 Å². The van der Waals surface area contributed by atoms with Crippen LogP contribution in [-0.4, -0.2) is 69.5 Å². The molecule has 30 heavy (non-hydrogen) atoms. The van der Waals surface area contributed by atoms with Crippen LogP contribution in [0.15, 0.2) is 36.4 Å². The molecule has 1 aliphatic heterocycles. The van der Waals surface area contributed by atoms with Crippen LogP contribution in [-0.2, 0) is 4.79 Å². The van der Waals surface area contributed by atoms with Gasteiger partial charge in [-0.25, -0.2) is 9.67 Å². The summed E-state index contributed by atoms with van der Waals surface area (Å²) in [5, 5.41) is 11.5. The molecule has 0 unspecified atom stereocenters. The number of anilines is 2. The van der Waals surface area contributed by atoms with Crippen LogP contribution < -0.4 is 10.6 Å². The van der Waals surface area contributed by atoms with E-state index in [1.54, 1.807) is 0 Å². The Morgan fingerprint density at radius 2 is 1.77 bits per heavy atom. The van der Waals surface area contributed by atoms with E-state index in [1.165, 1.54) is 0 Å². The van der Waals surface area contributed by atoms with E-state index in [4.69, 9.17) is 15.6 Å². The highest BCUT2D eigenvalue weighted by Gasteiger charge is 2.17. The Bertz CT molecular complexity index is 1010. The third kappa shape index (κ3) is 4.93. The van der Waals surface area contributed by atoms with Gasteiger partial charge in [-0.2, -0.15) is 10.1 Å². The molecule has 1 fully saturated rings. The van der Waals surface area contributed by atoms with Crippen molar-refractivity contribution in [1.82, 2.24) is 24.6 Å². The van der Waals surface area contributed by atoms with Crippen molar-refractivity contribution in [2.75, 3.05) is 43.9 Å². The summed E-state index contributed by atoms with van der Waals surface area (Å²) >= 11 is 0. The number of carboxylic acid groups (broad SMARTS) is 1. The summed E-state index contributed by atoms with van der Waals surface area (Å²) in [4.78, 5) is 21.9. The van der Waals surface area contributed by atoms with Crippen LogP contribution in [0.4, 0.5) is 11.8 Å². The predicted molar refractivity (Wildman–Crippen MR) is 117 cm³/mol. The molecule has 0 spiro atoms. The molecular formula is C21H27N7O2. The fourth-order valence-electron chi connectivity index (χ4n) is 3.49. The predicted octanol–water partition coefficient (Wildman–Crippen LogP) is 1.98. The van der Waals surface area contributed by atoms with Crippen molar-refractivity contribution < 1.29 is 9.90 Å². The number of likely N-dealkylation sites (N-methyl/N-ethyl adjacent to an activating group) is 1. The first kappa shape index (κ1) is 21.3. The molecule has 0 bridgehead atoms. The Morgan fingerprint density at radius 1 is 1.07 bits per heavy atom. The average molecular weight is 409 g/mol. The van der Waals surface area contributed by atoms with Crippen LogP contribution in [0.5, 0.6) is 0 Å². The molecule has 9 heteroatoms. The van der Waals surface area contributed by atoms with Gasteiger partial charge in [0, 0.05) is 43.5 Å². The van der Waals surface area contributed by atoms with E-state index < -0.39 is 0 Å². The first-order valence-electron chi connectivity index (χ1n) is 9.71. The van der Waals surface area contributed by atoms with Gasteiger partial charge >= 0.3 is 0 Å². The van der Waals surface area contributed by atoms with Gasteiger partial charge in [0.1, 0.15) is 5.82 Å². The molecule has 9 nitrogen and oxygen atoms in total. The Balaban J connectivity index is 0.000000806. The number of nitrogens with zero attached hydrogens (tertiary/aromatic N) is 6. The first-order valence-corrected chi connectivity index (χ1v) is 9.71. The zero-order valence-electron chi connectivity index (χ0n) is 17.5. The molecule has 0 amide bonds. The third-order valence-electron chi connectivity index (χ3n) is 4.95. The number of carbonyl (C=O) groups is 1. The number of nitrogen functional groups attached to an aromatic ring is 1. The van der Waals surface area contributed by atoms with Gasteiger partial charge < -0.3 is 20.6 Å². The van der Waals surface area contributed by atoms with Crippen LogP contribution >= 0.6 is 0 Å². The molecule has 158 valence electrons. The first-order chi connectivity index (χ1) is 14.4. The smallest absolute Gasteiger partial charge is 0.290 e. The second kappa shape index (κ2) is 9.36. The van der Waals surface area contributed by atoms with E-state index in [0.717, 1.165) is 60.3 Å². The van der Waals surface area contributed by atoms with Crippen molar-refractivity contribution in [3.8, 4) is 16.9 Å². The van der Waals surface area contributed by atoms with Crippen LogP contribution in [0.3, 0.4) is 0 Å². The van der Waals surface area contributed by atoms with Gasteiger partial charge in [-0.15, -0.1) is 0 Å². The standard InChI is InChI=1S/C20H25N7.CH2O2/c1-14-11-15(2)27(24-14)17-6-4-5-16(12-17)18-13-19(23-20(21)22-18)26-9-7-25(3)8-10-26;2-1-3/h4-6,11-13H,7-10H2,1-3H3,(H2,21,22,23);1H,(H,2,3). The quantitative estimate of drug-likeness (QED) is 0.632. The Labute approximate surface area is 175 Å². The number of rotatable bonds is 3. The summed E-state index contributed by atoms with van der Waals surface area (Å²) in [6, 6.07) is 12.3. The molecule has 0 saturated carbocycles. The van der Waals surface area contributed by atoms with E-state index in [2.05, 4.69) is 57.0 Å². The number of hydrogen-bond acceptors (Lipinski definition) is 7. The minimum Gasteiger partial charge on any atom is -0.483 e. The van der Waals surface area contributed by atoms with Crippen molar-refractivity contribution in [1.29, 1.82) is 0 Å². The Kier molecular flexibility index (Phi) is 6.63. The second-order valence-electron chi connectivity index (χ2n) is 7.25. The number of aryl methyl sites for hydroxylation is 2. The van der Waals surface area contributed by atoms with E-state index in [-0.39, 0.29) is 6.47 Å². The lowest BCUT2D eigenvalue weighted by Gasteiger charge is -2.33. The molecule has 3 N–H and O–H groups in total. The van der Waals surface area contributed by atoms with Crippen molar-refractivity contribution in [3.05, 3.63) is 47.8 Å². The zero-order valence-corrected chi connectivity index (χ0v) is 17.5. The van der Waals surface area contributed by atoms with Crippen LogP contribution in [0, 0.1) is 13.8 Å². The zero-order chi connectivity index (χ0) is 21.7. The SMILES string of the molecule is Cc1cc(C)n(-c2cccc(-c3cc(N4CCN(C)CC4)nc(N)n3)c2)n1.O=CO. The summed E-state index contributed by atoms with van der Waals surface area (Å²) in [5.74, 6) is 1.19. The second-order valence-corrected chi connectivity index (χ2v) is 7.25. The number of piperazine rings is 1. The molecule has 3 aromatic rings. The third-order valence-corrected chi connectivity index (χ3v) is 4.95. The Hall–Kier alpha value is -3.46. The van der Waals surface area contributed by atoms with Crippen molar-refractivity contribution in [2.45, 2.75) is 13.8 Å². The summed E-state index contributed by atoms with van der Waals surface area (Å²) in [6.45, 7) is 7.73. The van der Waals surface area contributed by atoms with Gasteiger partial charge in [0.2, 0.25) is 5.95 Å². The lowest BCUT2D eigenvalue weighted by Crippen LogP contribution is -2.44. The number of aromatic nitrogens is 4. The van der Waals surface area contributed by atoms with Gasteiger partial charge in [-0.1, -0.05) is 12.1 Å².